The van der Waals surface area contributed by atoms with E-state index in [9.17, 15) is 5.11 Å². The Morgan fingerprint density at radius 3 is 2.42 bits per heavy atom. The van der Waals surface area contributed by atoms with E-state index >= 15 is 0 Å². The molecule has 0 spiro atoms. The molecule has 12 heavy (non-hydrogen) atoms. The summed E-state index contributed by atoms with van der Waals surface area (Å²) in [7, 11) is 0. The first kappa shape index (κ1) is 10.0. The highest BCUT2D eigenvalue weighted by Gasteiger charge is 2.18. The molecule has 1 aliphatic rings. The predicted molar refractivity (Wildman–Crippen MR) is 49.0 cm³/mol. The normalized spacial score (nSPS) is 25.2. The van der Waals surface area contributed by atoms with Crippen LogP contribution in [0.4, 0.5) is 0 Å². The topological polar surface area (TPSA) is 29.5 Å². The van der Waals surface area contributed by atoms with Crippen LogP contribution in [-0.2, 0) is 4.74 Å². The van der Waals surface area contributed by atoms with Gasteiger partial charge in [-0.1, -0.05) is 6.92 Å². The van der Waals surface area contributed by atoms with Crippen LogP contribution in [-0.4, -0.2) is 24.4 Å². The Balaban J connectivity index is 2.20. The largest absolute Gasteiger partial charge is 0.393 e. The van der Waals surface area contributed by atoms with Crippen LogP contribution in [0, 0.1) is 11.8 Å². The zero-order valence-corrected chi connectivity index (χ0v) is 8.12. The SMILES string of the molecule is CC(O)C(C)CC1CCOCC1. The number of rotatable bonds is 3. The summed E-state index contributed by atoms with van der Waals surface area (Å²) in [5.74, 6) is 1.22. The molecule has 1 rings (SSSR count). The van der Waals surface area contributed by atoms with Gasteiger partial charge in [0.1, 0.15) is 0 Å². The van der Waals surface area contributed by atoms with Gasteiger partial charge in [0, 0.05) is 13.2 Å². The molecule has 0 bridgehead atoms. The van der Waals surface area contributed by atoms with Crippen molar-refractivity contribution in [1.29, 1.82) is 0 Å². The van der Waals surface area contributed by atoms with E-state index in [4.69, 9.17) is 4.74 Å². The van der Waals surface area contributed by atoms with Gasteiger partial charge in [0.15, 0.2) is 0 Å². The summed E-state index contributed by atoms with van der Waals surface area (Å²) in [4.78, 5) is 0. The van der Waals surface area contributed by atoms with Crippen molar-refractivity contribution in [3.05, 3.63) is 0 Å². The number of ether oxygens (including phenoxy) is 1. The van der Waals surface area contributed by atoms with Crippen LogP contribution in [0.5, 0.6) is 0 Å². The lowest BCUT2D eigenvalue weighted by atomic mass is 9.87. The molecular formula is C10H20O2. The molecule has 0 aliphatic carbocycles. The van der Waals surface area contributed by atoms with Crippen molar-refractivity contribution in [2.75, 3.05) is 13.2 Å². The molecule has 2 heteroatoms. The van der Waals surface area contributed by atoms with Gasteiger partial charge in [-0.05, 0) is 38.0 Å². The standard InChI is InChI=1S/C10H20O2/c1-8(9(2)11)7-10-3-5-12-6-4-10/h8-11H,3-7H2,1-2H3. The molecular weight excluding hydrogens is 152 g/mol. The van der Waals surface area contributed by atoms with Crippen LogP contribution in [0.15, 0.2) is 0 Å². The van der Waals surface area contributed by atoms with Crippen LogP contribution in [0.1, 0.15) is 33.1 Å². The predicted octanol–water partition coefficient (Wildman–Crippen LogP) is 1.82. The quantitative estimate of drug-likeness (QED) is 0.703. The molecule has 0 radical (unpaired) electrons. The van der Waals surface area contributed by atoms with E-state index in [2.05, 4.69) is 6.92 Å². The fourth-order valence-corrected chi connectivity index (χ4v) is 1.70. The minimum absolute atomic E-state index is 0.159. The Morgan fingerprint density at radius 2 is 1.92 bits per heavy atom. The fourth-order valence-electron chi connectivity index (χ4n) is 1.70. The van der Waals surface area contributed by atoms with Crippen LogP contribution < -0.4 is 0 Å². The summed E-state index contributed by atoms with van der Waals surface area (Å²) in [6.45, 7) is 5.83. The van der Waals surface area contributed by atoms with Gasteiger partial charge in [-0.3, -0.25) is 0 Å². The van der Waals surface area contributed by atoms with E-state index in [1.165, 1.54) is 12.8 Å². The number of aliphatic hydroxyl groups excluding tert-OH is 1. The molecule has 0 aromatic rings. The third-order valence-corrected chi connectivity index (χ3v) is 2.87. The van der Waals surface area contributed by atoms with Crippen molar-refractivity contribution < 1.29 is 9.84 Å². The maximum absolute atomic E-state index is 9.32. The van der Waals surface area contributed by atoms with E-state index < -0.39 is 0 Å². The minimum Gasteiger partial charge on any atom is -0.393 e. The van der Waals surface area contributed by atoms with Gasteiger partial charge in [0.25, 0.3) is 0 Å². The lowest BCUT2D eigenvalue weighted by molar-refractivity contribution is 0.0460. The second-order valence-corrected chi connectivity index (χ2v) is 4.01. The van der Waals surface area contributed by atoms with Crippen LogP contribution >= 0.6 is 0 Å². The number of hydrogen-bond acceptors (Lipinski definition) is 2. The van der Waals surface area contributed by atoms with E-state index in [0.717, 1.165) is 25.6 Å². The molecule has 2 unspecified atom stereocenters. The van der Waals surface area contributed by atoms with Crippen LogP contribution in [0.2, 0.25) is 0 Å². The minimum atomic E-state index is -0.159. The molecule has 0 aromatic heterocycles. The molecule has 2 nitrogen and oxygen atoms in total. The lowest BCUT2D eigenvalue weighted by Gasteiger charge is -2.25. The summed E-state index contributed by atoms with van der Waals surface area (Å²) >= 11 is 0. The first-order valence-corrected chi connectivity index (χ1v) is 4.96. The average molecular weight is 172 g/mol. The molecule has 1 saturated heterocycles. The first-order valence-electron chi connectivity index (χ1n) is 4.96. The Labute approximate surface area is 74.9 Å². The maximum atomic E-state index is 9.32. The second kappa shape index (κ2) is 4.83. The second-order valence-electron chi connectivity index (χ2n) is 4.01. The van der Waals surface area contributed by atoms with Gasteiger partial charge < -0.3 is 9.84 Å². The van der Waals surface area contributed by atoms with Gasteiger partial charge in [0.05, 0.1) is 6.10 Å². The molecule has 1 N–H and O–H groups in total. The van der Waals surface area contributed by atoms with E-state index in [1.807, 2.05) is 6.92 Å². The summed E-state index contributed by atoms with van der Waals surface area (Å²) in [5.41, 5.74) is 0. The van der Waals surface area contributed by atoms with Crippen molar-refractivity contribution in [1.82, 2.24) is 0 Å². The van der Waals surface area contributed by atoms with Gasteiger partial charge in [-0.2, -0.15) is 0 Å². The van der Waals surface area contributed by atoms with Crippen LogP contribution in [0.25, 0.3) is 0 Å². The first-order chi connectivity index (χ1) is 5.70. The zero-order chi connectivity index (χ0) is 8.97. The summed E-state index contributed by atoms with van der Waals surface area (Å²) in [5, 5.41) is 9.32. The van der Waals surface area contributed by atoms with Gasteiger partial charge >= 0.3 is 0 Å². The smallest absolute Gasteiger partial charge is 0.0537 e. The fraction of sp³-hybridized carbons (Fsp3) is 1.00. The Morgan fingerprint density at radius 1 is 1.33 bits per heavy atom. The Kier molecular flexibility index (Phi) is 4.02. The molecule has 72 valence electrons. The molecule has 0 aromatic carbocycles. The molecule has 2 atom stereocenters. The van der Waals surface area contributed by atoms with E-state index in [-0.39, 0.29) is 6.10 Å². The van der Waals surface area contributed by atoms with Gasteiger partial charge in [-0.25, -0.2) is 0 Å². The number of hydrogen-bond donors (Lipinski definition) is 1. The third kappa shape index (κ3) is 3.11. The Bertz CT molecular complexity index is 117. The lowest BCUT2D eigenvalue weighted by Crippen LogP contribution is -2.22. The summed E-state index contributed by atoms with van der Waals surface area (Å²) in [6.07, 6.45) is 3.35. The highest BCUT2D eigenvalue weighted by Crippen LogP contribution is 2.24. The van der Waals surface area contributed by atoms with Crippen molar-refractivity contribution >= 4 is 0 Å². The van der Waals surface area contributed by atoms with E-state index in [0.29, 0.717) is 5.92 Å². The molecule has 0 saturated carbocycles. The summed E-state index contributed by atoms with van der Waals surface area (Å²) in [6, 6.07) is 0. The van der Waals surface area contributed by atoms with Crippen molar-refractivity contribution in [2.24, 2.45) is 11.8 Å². The molecule has 1 heterocycles. The number of aliphatic hydroxyl groups is 1. The third-order valence-electron chi connectivity index (χ3n) is 2.87. The van der Waals surface area contributed by atoms with E-state index in [1.54, 1.807) is 0 Å². The highest BCUT2D eigenvalue weighted by molar-refractivity contribution is 4.69. The van der Waals surface area contributed by atoms with Gasteiger partial charge in [0.2, 0.25) is 0 Å². The molecule has 1 fully saturated rings. The maximum Gasteiger partial charge on any atom is 0.0537 e. The zero-order valence-electron chi connectivity index (χ0n) is 8.12. The molecule has 1 aliphatic heterocycles. The van der Waals surface area contributed by atoms with Crippen molar-refractivity contribution in [3.63, 3.8) is 0 Å². The highest BCUT2D eigenvalue weighted by atomic mass is 16.5. The Hall–Kier alpha value is -0.0800. The van der Waals surface area contributed by atoms with Crippen molar-refractivity contribution in [3.8, 4) is 0 Å². The monoisotopic (exact) mass is 172 g/mol. The average Bonchev–Trinajstić information content (AvgIpc) is 2.06. The van der Waals surface area contributed by atoms with Gasteiger partial charge in [-0.15, -0.1) is 0 Å². The summed E-state index contributed by atoms with van der Waals surface area (Å²) < 4.78 is 5.28. The van der Waals surface area contributed by atoms with Crippen molar-refractivity contribution in [2.45, 2.75) is 39.2 Å². The molecule has 0 amide bonds. The van der Waals surface area contributed by atoms with Crippen LogP contribution in [0.3, 0.4) is 0 Å².